The van der Waals surface area contributed by atoms with E-state index in [-0.39, 0.29) is 0 Å². The minimum Gasteiger partial charge on any atom is -0.294 e. The average Bonchev–Trinajstić information content (AvgIpc) is 2.46. The van der Waals surface area contributed by atoms with E-state index in [0.717, 1.165) is 15.8 Å². The van der Waals surface area contributed by atoms with E-state index in [2.05, 4.69) is 20.9 Å². The molecule has 0 aromatic carbocycles. The van der Waals surface area contributed by atoms with Gasteiger partial charge in [-0.05, 0) is 34.5 Å². The summed E-state index contributed by atoms with van der Waals surface area (Å²) in [5, 5.41) is 0. The van der Waals surface area contributed by atoms with Gasteiger partial charge in [0.2, 0.25) is 0 Å². The molecule has 0 N–H and O–H groups in total. The molecule has 2 aromatic heterocycles. The van der Waals surface area contributed by atoms with Crippen molar-refractivity contribution in [2.24, 2.45) is 0 Å². The summed E-state index contributed by atoms with van der Waals surface area (Å²) in [5.74, 6) is 0. The minimum atomic E-state index is -0.608. The number of halogens is 3. The van der Waals surface area contributed by atoms with Crippen molar-refractivity contribution < 1.29 is 0 Å². The number of imidazole rings is 1. The van der Waals surface area contributed by atoms with E-state index >= 15 is 0 Å². The van der Waals surface area contributed by atoms with Crippen molar-refractivity contribution in [1.29, 1.82) is 0 Å². The molecule has 2 aromatic rings. The summed E-state index contributed by atoms with van der Waals surface area (Å²) >= 11 is 15.0. The third-order valence-corrected chi connectivity index (χ3v) is 3.22. The number of hydrogen-bond acceptors (Lipinski definition) is 1. The van der Waals surface area contributed by atoms with Gasteiger partial charge in [-0.15, -0.1) is 0 Å². The molecular weight excluding hydrogens is 287 g/mol. The number of alkyl halides is 2. The molecule has 0 saturated heterocycles. The number of aromatic nitrogens is 2. The first kappa shape index (κ1) is 10.3. The third-order valence-electron chi connectivity index (χ3n) is 2.02. The first-order valence-corrected chi connectivity index (χ1v) is 5.69. The van der Waals surface area contributed by atoms with Gasteiger partial charge >= 0.3 is 0 Å². The van der Waals surface area contributed by atoms with E-state index in [1.165, 1.54) is 0 Å². The highest BCUT2D eigenvalue weighted by molar-refractivity contribution is 9.10. The summed E-state index contributed by atoms with van der Waals surface area (Å²) in [4.78, 5) is 3.76. The molecule has 0 spiro atoms. The standard InChI is InChI=1S/C9H7BrCl2N2/c1-5-3-2-4-14-7(10)6(8(11)12)13-9(5)14/h2-4,8H,1H3. The SMILES string of the molecule is Cc1cccn2c(Br)c(C(Cl)Cl)nc12. The second kappa shape index (κ2) is 3.72. The van der Waals surface area contributed by atoms with E-state index in [4.69, 9.17) is 23.2 Å². The topological polar surface area (TPSA) is 17.3 Å². The molecule has 2 rings (SSSR count). The summed E-state index contributed by atoms with van der Waals surface area (Å²) in [6.45, 7) is 2.00. The fourth-order valence-corrected chi connectivity index (χ4v) is 2.50. The van der Waals surface area contributed by atoms with E-state index in [9.17, 15) is 0 Å². The van der Waals surface area contributed by atoms with Crippen LogP contribution in [0.25, 0.3) is 5.65 Å². The lowest BCUT2D eigenvalue weighted by atomic mass is 10.3. The fourth-order valence-electron chi connectivity index (χ4n) is 1.33. The summed E-state index contributed by atoms with van der Waals surface area (Å²) in [6, 6.07) is 3.95. The fraction of sp³-hybridized carbons (Fsp3) is 0.222. The smallest absolute Gasteiger partial charge is 0.152 e. The number of rotatable bonds is 1. The molecule has 0 radical (unpaired) electrons. The Morgan fingerprint density at radius 3 is 2.79 bits per heavy atom. The molecule has 2 nitrogen and oxygen atoms in total. The number of aryl methyl sites for hydroxylation is 1. The molecule has 0 atom stereocenters. The molecular formula is C9H7BrCl2N2. The van der Waals surface area contributed by atoms with Crippen molar-refractivity contribution in [3.8, 4) is 0 Å². The highest BCUT2D eigenvalue weighted by Gasteiger charge is 2.15. The predicted molar refractivity (Wildman–Crippen MR) is 62.1 cm³/mol. The zero-order valence-electron chi connectivity index (χ0n) is 7.34. The molecule has 0 saturated carbocycles. The minimum absolute atomic E-state index is 0.608. The largest absolute Gasteiger partial charge is 0.294 e. The second-order valence-corrected chi connectivity index (χ2v) is 4.82. The van der Waals surface area contributed by atoms with Gasteiger partial charge in [0, 0.05) is 6.20 Å². The molecule has 74 valence electrons. The molecule has 0 aliphatic rings. The van der Waals surface area contributed by atoms with E-state index in [0.29, 0.717) is 5.69 Å². The average molecular weight is 294 g/mol. The first-order chi connectivity index (χ1) is 6.61. The normalized spacial score (nSPS) is 11.5. The molecule has 14 heavy (non-hydrogen) atoms. The van der Waals surface area contributed by atoms with Crippen LogP contribution in [0.4, 0.5) is 0 Å². The molecule has 0 amide bonds. The molecule has 0 fully saturated rings. The summed E-state index contributed by atoms with van der Waals surface area (Å²) in [6.07, 6.45) is 1.92. The van der Waals surface area contributed by atoms with E-state index in [1.54, 1.807) is 0 Å². The van der Waals surface area contributed by atoms with Gasteiger partial charge in [-0.2, -0.15) is 0 Å². The number of nitrogens with zero attached hydrogens (tertiary/aromatic N) is 2. The van der Waals surface area contributed by atoms with E-state index < -0.39 is 4.84 Å². The van der Waals surface area contributed by atoms with Crippen LogP contribution in [0.3, 0.4) is 0 Å². The van der Waals surface area contributed by atoms with Gasteiger partial charge in [-0.25, -0.2) is 4.98 Å². The number of hydrogen-bond donors (Lipinski definition) is 0. The van der Waals surface area contributed by atoms with Crippen molar-refractivity contribution in [3.05, 3.63) is 34.2 Å². The van der Waals surface area contributed by atoms with Gasteiger partial charge in [-0.1, -0.05) is 29.3 Å². The van der Waals surface area contributed by atoms with Crippen LogP contribution in [0.1, 0.15) is 16.1 Å². The molecule has 0 aliphatic carbocycles. The van der Waals surface area contributed by atoms with Gasteiger partial charge < -0.3 is 0 Å². The summed E-state index contributed by atoms with van der Waals surface area (Å²) < 4.78 is 2.73. The Balaban J connectivity index is 2.80. The number of fused-ring (bicyclic) bond motifs is 1. The molecule has 0 bridgehead atoms. The van der Waals surface area contributed by atoms with Gasteiger partial charge in [0.15, 0.2) is 4.84 Å². The van der Waals surface area contributed by atoms with Gasteiger partial charge in [-0.3, -0.25) is 4.40 Å². The predicted octanol–water partition coefficient (Wildman–Crippen LogP) is 3.88. The summed E-state index contributed by atoms with van der Waals surface area (Å²) in [7, 11) is 0. The van der Waals surface area contributed by atoms with Crippen molar-refractivity contribution >= 4 is 44.8 Å². The van der Waals surface area contributed by atoms with Crippen molar-refractivity contribution in [3.63, 3.8) is 0 Å². The van der Waals surface area contributed by atoms with Crippen LogP contribution in [0.2, 0.25) is 0 Å². The van der Waals surface area contributed by atoms with Crippen LogP contribution in [-0.2, 0) is 0 Å². The lowest BCUT2D eigenvalue weighted by molar-refractivity contribution is 1.12. The maximum atomic E-state index is 5.79. The maximum absolute atomic E-state index is 5.79. The quantitative estimate of drug-likeness (QED) is 0.729. The van der Waals surface area contributed by atoms with Crippen molar-refractivity contribution in [2.45, 2.75) is 11.8 Å². The van der Waals surface area contributed by atoms with Crippen LogP contribution in [0, 0.1) is 6.92 Å². The van der Waals surface area contributed by atoms with Gasteiger partial charge in [0.25, 0.3) is 0 Å². The first-order valence-electron chi connectivity index (χ1n) is 4.02. The molecule has 0 unspecified atom stereocenters. The Hall–Kier alpha value is -0.250. The lowest BCUT2D eigenvalue weighted by Crippen LogP contribution is -1.86. The number of pyridine rings is 1. The summed E-state index contributed by atoms with van der Waals surface area (Å²) in [5.41, 5.74) is 2.62. The Labute approximate surface area is 100.0 Å². The van der Waals surface area contributed by atoms with Crippen LogP contribution in [0.5, 0.6) is 0 Å². The van der Waals surface area contributed by atoms with Crippen molar-refractivity contribution in [1.82, 2.24) is 9.38 Å². The third kappa shape index (κ3) is 1.53. The van der Waals surface area contributed by atoms with Crippen LogP contribution < -0.4 is 0 Å². The zero-order chi connectivity index (χ0) is 10.3. The monoisotopic (exact) mass is 292 g/mol. The molecule has 0 aliphatic heterocycles. The highest BCUT2D eigenvalue weighted by atomic mass is 79.9. The Kier molecular flexibility index (Phi) is 2.73. The zero-order valence-corrected chi connectivity index (χ0v) is 10.4. The van der Waals surface area contributed by atoms with Crippen molar-refractivity contribution in [2.75, 3.05) is 0 Å². The highest BCUT2D eigenvalue weighted by Crippen LogP contribution is 2.31. The lowest BCUT2D eigenvalue weighted by Gasteiger charge is -1.97. The van der Waals surface area contributed by atoms with Crippen LogP contribution >= 0.6 is 39.1 Å². The van der Waals surface area contributed by atoms with Crippen LogP contribution in [0.15, 0.2) is 22.9 Å². The Morgan fingerprint density at radius 2 is 2.21 bits per heavy atom. The van der Waals surface area contributed by atoms with E-state index in [1.807, 2.05) is 29.7 Å². The van der Waals surface area contributed by atoms with Gasteiger partial charge in [0.05, 0.1) is 0 Å². The Morgan fingerprint density at radius 1 is 1.50 bits per heavy atom. The second-order valence-electron chi connectivity index (χ2n) is 2.97. The van der Waals surface area contributed by atoms with Gasteiger partial charge in [0.1, 0.15) is 15.9 Å². The maximum Gasteiger partial charge on any atom is 0.152 e. The Bertz CT molecular complexity index is 479. The molecule has 2 heterocycles. The van der Waals surface area contributed by atoms with Crippen LogP contribution in [-0.4, -0.2) is 9.38 Å². The molecule has 5 heteroatoms.